The second-order valence-electron chi connectivity index (χ2n) is 5.45. The van der Waals surface area contributed by atoms with E-state index in [-0.39, 0.29) is 11.9 Å². The highest BCUT2D eigenvalue weighted by atomic mass is 16.5. The monoisotopic (exact) mass is 261 g/mol. The number of carbonyl (C=O) groups is 1. The number of carbonyl (C=O) groups excluding carboxylic acids is 1. The van der Waals surface area contributed by atoms with Gasteiger partial charge in [-0.1, -0.05) is 51.5 Å². The molecule has 0 N–H and O–H groups in total. The Morgan fingerprint density at radius 1 is 1.21 bits per heavy atom. The van der Waals surface area contributed by atoms with Crippen LogP contribution in [0.4, 0.5) is 0 Å². The van der Waals surface area contributed by atoms with E-state index in [1.165, 1.54) is 5.56 Å². The topological polar surface area (TPSA) is 26.3 Å². The van der Waals surface area contributed by atoms with Gasteiger partial charge in [-0.25, -0.2) is 0 Å². The van der Waals surface area contributed by atoms with E-state index in [1.54, 1.807) is 6.61 Å². The third-order valence-corrected chi connectivity index (χ3v) is 3.08. The fourth-order valence-electron chi connectivity index (χ4n) is 1.91. The van der Waals surface area contributed by atoms with Gasteiger partial charge in [0.25, 0.3) is 0 Å². The molecular weight excluding hydrogens is 236 g/mol. The molecular formula is C17H25O2. The molecule has 0 aliphatic rings. The van der Waals surface area contributed by atoms with E-state index in [1.807, 2.05) is 19.1 Å². The molecule has 1 aromatic rings. The van der Waals surface area contributed by atoms with Gasteiger partial charge < -0.3 is 4.74 Å². The SMILES string of the molecule is CCC[CH]OC(=O)C(C)c1ccc(CC(C)C)cc1. The van der Waals surface area contributed by atoms with E-state index in [9.17, 15) is 4.79 Å². The van der Waals surface area contributed by atoms with Gasteiger partial charge >= 0.3 is 5.97 Å². The van der Waals surface area contributed by atoms with Gasteiger partial charge in [0.2, 0.25) is 0 Å². The second kappa shape index (κ2) is 7.98. The van der Waals surface area contributed by atoms with Gasteiger partial charge in [-0.3, -0.25) is 4.79 Å². The molecule has 2 nitrogen and oxygen atoms in total. The predicted octanol–water partition coefficient (Wildman–Crippen LogP) is 4.49. The van der Waals surface area contributed by atoms with Crippen LogP contribution in [0.1, 0.15) is 57.6 Å². The van der Waals surface area contributed by atoms with Gasteiger partial charge in [-0.15, -0.1) is 0 Å². The first-order valence-electron chi connectivity index (χ1n) is 7.15. The normalized spacial score (nSPS) is 12.5. The van der Waals surface area contributed by atoms with Crippen molar-refractivity contribution in [2.45, 2.75) is 52.9 Å². The van der Waals surface area contributed by atoms with Crippen molar-refractivity contribution in [3.63, 3.8) is 0 Å². The van der Waals surface area contributed by atoms with Crippen molar-refractivity contribution in [3.8, 4) is 0 Å². The summed E-state index contributed by atoms with van der Waals surface area (Å²) >= 11 is 0. The van der Waals surface area contributed by atoms with Crippen molar-refractivity contribution in [2.24, 2.45) is 5.92 Å². The van der Waals surface area contributed by atoms with Crippen molar-refractivity contribution in [2.75, 3.05) is 0 Å². The van der Waals surface area contributed by atoms with Crippen LogP contribution in [0.15, 0.2) is 24.3 Å². The lowest BCUT2D eigenvalue weighted by Crippen LogP contribution is -2.12. The minimum Gasteiger partial charge on any atom is -0.458 e. The molecule has 0 aliphatic heterocycles. The maximum Gasteiger partial charge on any atom is 0.313 e. The van der Waals surface area contributed by atoms with Crippen LogP contribution in [-0.2, 0) is 16.0 Å². The van der Waals surface area contributed by atoms with Gasteiger partial charge in [0.05, 0.1) is 5.92 Å². The van der Waals surface area contributed by atoms with Crippen LogP contribution in [-0.4, -0.2) is 5.97 Å². The van der Waals surface area contributed by atoms with E-state index in [2.05, 4.69) is 32.9 Å². The molecule has 0 bridgehead atoms. The molecule has 1 rings (SSSR count). The highest BCUT2D eigenvalue weighted by Crippen LogP contribution is 2.19. The summed E-state index contributed by atoms with van der Waals surface area (Å²) in [6.45, 7) is 9.96. The Morgan fingerprint density at radius 2 is 1.84 bits per heavy atom. The minimum atomic E-state index is -0.207. The molecule has 0 saturated heterocycles. The van der Waals surface area contributed by atoms with Gasteiger partial charge in [0.15, 0.2) is 0 Å². The molecule has 0 amide bonds. The average molecular weight is 261 g/mol. The summed E-state index contributed by atoms with van der Waals surface area (Å²) in [5, 5.41) is 0. The number of ether oxygens (including phenoxy) is 1. The Kier molecular flexibility index (Phi) is 6.61. The highest BCUT2D eigenvalue weighted by molar-refractivity contribution is 5.78. The smallest absolute Gasteiger partial charge is 0.313 e. The summed E-state index contributed by atoms with van der Waals surface area (Å²) in [5.41, 5.74) is 2.33. The summed E-state index contributed by atoms with van der Waals surface area (Å²) in [6.07, 6.45) is 2.88. The van der Waals surface area contributed by atoms with Crippen molar-refractivity contribution in [1.29, 1.82) is 0 Å². The Morgan fingerprint density at radius 3 is 2.37 bits per heavy atom. The first kappa shape index (κ1) is 15.7. The molecule has 1 radical (unpaired) electrons. The maximum absolute atomic E-state index is 11.8. The summed E-state index contributed by atoms with van der Waals surface area (Å²) in [7, 11) is 0. The molecule has 19 heavy (non-hydrogen) atoms. The highest BCUT2D eigenvalue weighted by Gasteiger charge is 2.16. The fraction of sp³-hybridized carbons (Fsp3) is 0.529. The Labute approximate surface area is 117 Å². The first-order chi connectivity index (χ1) is 9.04. The van der Waals surface area contributed by atoms with Gasteiger partial charge in [-0.05, 0) is 36.8 Å². The number of unbranched alkanes of at least 4 members (excludes halogenated alkanes) is 1. The molecule has 0 fully saturated rings. The molecule has 0 aliphatic carbocycles. The lowest BCUT2D eigenvalue weighted by molar-refractivity contribution is -0.141. The summed E-state index contributed by atoms with van der Waals surface area (Å²) in [4.78, 5) is 11.8. The minimum absolute atomic E-state index is 0.176. The lowest BCUT2D eigenvalue weighted by atomic mass is 9.97. The standard InChI is InChI=1S/C17H25O2/c1-5-6-11-19-17(18)14(4)16-9-7-15(8-10-16)12-13(2)3/h7-11,13-14H,5-6,12H2,1-4H3. The molecule has 1 atom stereocenters. The zero-order valence-electron chi connectivity index (χ0n) is 12.5. The summed E-state index contributed by atoms with van der Waals surface area (Å²) < 4.78 is 5.13. The number of hydrogen-bond acceptors (Lipinski definition) is 2. The molecule has 1 aromatic carbocycles. The maximum atomic E-state index is 11.8. The van der Waals surface area contributed by atoms with Gasteiger partial charge in [-0.2, -0.15) is 0 Å². The lowest BCUT2D eigenvalue weighted by Gasteiger charge is -2.12. The summed E-state index contributed by atoms with van der Waals surface area (Å²) in [6, 6.07) is 8.27. The first-order valence-corrected chi connectivity index (χ1v) is 7.15. The van der Waals surface area contributed by atoms with Crippen LogP contribution < -0.4 is 0 Å². The average Bonchev–Trinajstić information content (AvgIpc) is 2.38. The molecule has 2 heteroatoms. The van der Waals surface area contributed by atoms with Crippen LogP contribution in [0.3, 0.4) is 0 Å². The van der Waals surface area contributed by atoms with Crippen LogP contribution in [0.2, 0.25) is 0 Å². The number of benzene rings is 1. The van der Waals surface area contributed by atoms with Crippen molar-refractivity contribution in [3.05, 3.63) is 42.0 Å². The quantitative estimate of drug-likeness (QED) is 0.534. The Bertz CT molecular complexity index is 379. The van der Waals surface area contributed by atoms with Crippen molar-refractivity contribution < 1.29 is 9.53 Å². The molecule has 1 unspecified atom stereocenters. The molecule has 105 valence electrons. The Balaban J connectivity index is 2.56. The van der Waals surface area contributed by atoms with E-state index in [0.29, 0.717) is 5.92 Å². The predicted molar refractivity (Wildman–Crippen MR) is 78.7 cm³/mol. The molecule has 0 aromatic heterocycles. The second-order valence-corrected chi connectivity index (χ2v) is 5.45. The van der Waals surface area contributed by atoms with Crippen LogP contribution in [0.5, 0.6) is 0 Å². The van der Waals surface area contributed by atoms with E-state index in [0.717, 1.165) is 24.8 Å². The molecule has 0 spiro atoms. The van der Waals surface area contributed by atoms with Gasteiger partial charge in [0, 0.05) is 0 Å². The zero-order chi connectivity index (χ0) is 14.3. The molecule has 0 heterocycles. The number of esters is 1. The summed E-state index contributed by atoms with van der Waals surface area (Å²) in [5.74, 6) is 0.267. The zero-order valence-corrected chi connectivity index (χ0v) is 12.5. The fourth-order valence-corrected chi connectivity index (χ4v) is 1.91. The van der Waals surface area contributed by atoms with Crippen LogP contribution in [0, 0.1) is 12.5 Å². The van der Waals surface area contributed by atoms with Crippen molar-refractivity contribution in [1.82, 2.24) is 0 Å². The van der Waals surface area contributed by atoms with E-state index < -0.39 is 0 Å². The van der Waals surface area contributed by atoms with E-state index in [4.69, 9.17) is 4.74 Å². The third-order valence-electron chi connectivity index (χ3n) is 3.08. The number of hydrogen-bond donors (Lipinski definition) is 0. The molecule has 0 saturated carbocycles. The van der Waals surface area contributed by atoms with Crippen LogP contribution in [0.25, 0.3) is 0 Å². The third kappa shape index (κ3) is 5.46. The number of rotatable bonds is 7. The largest absolute Gasteiger partial charge is 0.458 e. The van der Waals surface area contributed by atoms with Crippen LogP contribution >= 0.6 is 0 Å². The van der Waals surface area contributed by atoms with E-state index >= 15 is 0 Å². The van der Waals surface area contributed by atoms with Crippen molar-refractivity contribution >= 4 is 5.97 Å². The Hall–Kier alpha value is -1.31. The van der Waals surface area contributed by atoms with Gasteiger partial charge in [0.1, 0.15) is 6.61 Å².